The molecule has 1 atom stereocenters. The minimum atomic E-state index is -0.171. The Balaban J connectivity index is 1.26. The van der Waals surface area contributed by atoms with Gasteiger partial charge < -0.3 is 14.0 Å². The molecule has 0 N–H and O–H groups in total. The molecule has 0 unspecified atom stereocenters. The number of hydrogen-bond donors (Lipinski definition) is 0. The van der Waals surface area contributed by atoms with E-state index in [9.17, 15) is 0 Å². The first-order valence-corrected chi connectivity index (χ1v) is 10.3. The van der Waals surface area contributed by atoms with Crippen LogP contribution in [-0.4, -0.2) is 32.2 Å². The number of methoxy groups -OCH3 is 1. The number of rotatable bonds is 5. The summed E-state index contributed by atoms with van der Waals surface area (Å²) in [5, 5.41) is 12.9. The third-order valence-electron chi connectivity index (χ3n) is 6.21. The Bertz CT molecular complexity index is 1210. The van der Waals surface area contributed by atoms with Gasteiger partial charge in [0.15, 0.2) is 5.69 Å². The van der Waals surface area contributed by atoms with Crippen molar-refractivity contribution < 1.29 is 14.0 Å². The first-order valence-electron chi connectivity index (χ1n) is 10.3. The van der Waals surface area contributed by atoms with Gasteiger partial charge in [-0.1, -0.05) is 52.8 Å². The molecule has 31 heavy (non-hydrogen) atoms. The molecule has 1 aliphatic carbocycles. The maximum Gasteiger partial charge on any atom is 0.237 e. The van der Waals surface area contributed by atoms with Crippen LogP contribution in [0.1, 0.15) is 41.7 Å². The molecule has 1 saturated carbocycles. The van der Waals surface area contributed by atoms with E-state index in [2.05, 4.69) is 27.6 Å². The average molecular weight is 415 g/mol. The van der Waals surface area contributed by atoms with Gasteiger partial charge in [0.1, 0.15) is 11.9 Å². The standard InChI is InChI=1S/C23H21N5O3/c1-29-17-9-7-15(8-10-17)19-13-28-18(14-30-19)20(25-27-28)21-24-22(31-26-21)23(11-12-23)16-5-3-2-4-6-16/h2-10,19H,11-14H2,1H3/t19-/m0/s1. The topological polar surface area (TPSA) is 88.1 Å². The highest BCUT2D eigenvalue weighted by Crippen LogP contribution is 2.53. The Morgan fingerprint density at radius 1 is 1.06 bits per heavy atom. The van der Waals surface area contributed by atoms with Crippen molar-refractivity contribution in [1.29, 1.82) is 0 Å². The monoisotopic (exact) mass is 415 g/mol. The number of nitrogens with zero attached hydrogens (tertiary/aromatic N) is 5. The molecule has 156 valence electrons. The van der Waals surface area contributed by atoms with Crippen LogP contribution in [0.5, 0.6) is 5.75 Å². The van der Waals surface area contributed by atoms with Crippen molar-refractivity contribution in [2.75, 3.05) is 7.11 Å². The van der Waals surface area contributed by atoms with Crippen molar-refractivity contribution in [2.24, 2.45) is 0 Å². The van der Waals surface area contributed by atoms with Gasteiger partial charge in [0.05, 0.1) is 31.4 Å². The average Bonchev–Trinajstić information content (AvgIpc) is 3.30. The van der Waals surface area contributed by atoms with Gasteiger partial charge in [-0.15, -0.1) is 5.10 Å². The van der Waals surface area contributed by atoms with Gasteiger partial charge in [-0.25, -0.2) is 4.68 Å². The molecule has 0 radical (unpaired) electrons. The van der Waals surface area contributed by atoms with E-state index in [0.717, 1.165) is 29.8 Å². The Kier molecular flexibility index (Phi) is 4.14. The van der Waals surface area contributed by atoms with Crippen LogP contribution in [0, 0.1) is 0 Å². The van der Waals surface area contributed by atoms with Gasteiger partial charge in [-0.3, -0.25) is 0 Å². The molecular formula is C23H21N5O3. The largest absolute Gasteiger partial charge is 0.497 e. The van der Waals surface area contributed by atoms with Crippen LogP contribution in [0.25, 0.3) is 11.5 Å². The predicted molar refractivity (Wildman–Crippen MR) is 110 cm³/mol. The minimum Gasteiger partial charge on any atom is -0.497 e. The predicted octanol–water partition coefficient (Wildman–Crippen LogP) is 3.69. The second-order valence-electron chi connectivity index (χ2n) is 8.01. The Morgan fingerprint density at radius 3 is 2.61 bits per heavy atom. The summed E-state index contributed by atoms with van der Waals surface area (Å²) >= 11 is 0. The summed E-state index contributed by atoms with van der Waals surface area (Å²) in [6.07, 6.45) is 1.91. The summed E-state index contributed by atoms with van der Waals surface area (Å²) in [4.78, 5) is 4.70. The molecule has 2 aromatic heterocycles. The van der Waals surface area contributed by atoms with Gasteiger partial charge in [0, 0.05) is 0 Å². The molecule has 2 aromatic carbocycles. The van der Waals surface area contributed by atoms with E-state index in [1.165, 1.54) is 5.56 Å². The van der Waals surface area contributed by atoms with Gasteiger partial charge in [0.25, 0.3) is 0 Å². The molecule has 0 bridgehead atoms. The lowest BCUT2D eigenvalue weighted by atomic mass is 9.96. The van der Waals surface area contributed by atoms with Crippen molar-refractivity contribution in [3.63, 3.8) is 0 Å². The van der Waals surface area contributed by atoms with E-state index in [1.54, 1.807) is 7.11 Å². The lowest BCUT2D eigenvalue weighted by Crippen LogP contribution is -2.22. The highest BCUT2D eigenvalue weighted by atomic mass is 16.5. The van der Waals surface area contributed by atoms with Crippen molar-refractivity contribution in [1.82, 2.24) is 25.1 Å². The molecule has 8 heteroatoms. The third kappa shape index (κ3) is 3.02. The Labute approximate surface area is 178 Å². The van der Waals surface area contributed by atoms with E-state index in [0.29, 0.717) is 30.6 Å². The van der Waals surface area contributed by atoms with E-state index < -0.39 is 0 Å². The molecule has 1 fully saturated rings. The molecule has 4 aromatic rings. The smallest absolute Gasteiger partial charge is 0.237 e. The summed E-state index contributed by atoms with van der Waals surface area (Å²) in [7, 11) is 1.66. The van der Waals surface area contributed by atoms with Crippen molar-refractivity contribution in [3.8, 4) is 17.3 Å². The fraction of sp³-hybridized carbons (Fsp3) is 0.304. The fourth-order valence-electron chi connectivity index (χ4n) is 4.23. The van der Waals surface area contributed by atoms with Gasteiger partial charge in [-0.05, 0) is 36.1 Å². The van der Waals surface area contributed by atoms with Crippen LogP contribution in [0.15, 0.2) is 59.1 Å². The van der Waals surface area contributed by atoms with Crippen molar-refractivity contribution >= 4 is 0 Å². The second kappa shape index (κ2) is 7.02. The fourth-order valence-corrected chi connectivity index (χ4v) is 4.23. The number of fused-ring (bicyclic) bond motifs is 1. The maximum atomic E-state index is 6.11. The molecule has 2 aliphatic rings. The van der Waals surface area contributed by atoms with E-state index in [-0.39, 0.29) is 11.5 Å². The van der Waals surface area contributed by atoms with Gasteiger partial charge >= 0.3 is 0 Å². The summed E-state index contributed by atoms with van der Waals surface area (Å²) in [6.45, 7) is 0.958. The highest BCUT2D eigenvalue weighted by Gasteiger charge is 2.51. The molecular weight excluding hydrogens is 394 g/mol. The lowest BCUT2D eigenvalue weighted by molar-refractivity contribution is -0.00114. The van der Waals surface area contributed by atoms with Crippen LogP contribution in [0.3, 0.4) is 0 Å². The van der Waals surface area contributed by atoms with E-state index in [4.69, 9.17) is 19.0 Å². The summed E-state index contributed by atoms with van der Waals surface area (Å²) in [5.74, 6) is 1.92. The molecule has 6 rings (SSSR count). The zero-order chi connectivity index (χ0) is 20.8. The first kappa shape index (κ1) is 18.3. The van der Waals surface area contributed by atoms with Crippen LogP contribution < -0.4 is 4.74 Å². The maximum absolute atomic E-state index is 6.11. The van der Waals surface area contributed by atoms with E-state index in [1.807, 2.05) is 47.1 Å². The molecule has 3 heterocycles. The van der Waals surface area contributed by atoms with E-state index >= 15 is 0 Å². The first-order chi connectivity index (χ1) is 15.3. The molecule has 0 amide bonds. The van der Waals surface area contributed by atoms with Gasteiger partial charge in [0.2, 0.25) is 11.7 Å². The van der Waals surface area contributed by atoms with Crippen LogP contribution in [0.2, 0.25) is 0 Å². The zero-order valence-electron chi connectivity index (χ0n) is 17.1. The minimum absolute atomic E-state index is 0.0957. The number of ether oxygens (including phenoxy) is 2. The van der Waals surface area contributed by atoms with Gasteiger partial charge in [-0.2, -0.15) is 4.98 Å². The highest BCUT2D eigenvalue weighted by molar-refractivity contribution is 5.52. The molecule has 1 aliphatic heterocycles. The summed E-state index contributed by atoms with van der Waals surface area (Å²) in [6, 6.07) is 18.2. The van der Waals surface area contributed by atoms with Crippen molar-refractivity contribution in [3.05, 3.63) is 77.3 Å². The zero-order valence-corrected chi connectivity index (χ0v) is 17.1. The second-order valence-corrected chi connectivity index (χ2v) is 8.01. The SMILES string of the molecule is COc1ccc([C@@H]2Cn3nnc(-c4noc(C5(c6ccccc6)CC5)n4)c3CO2)cc1. The Hall–Kier alpha value is -3.52. The molecule has 0 spiro atoms. The van der Waals surface area contributed by atoms with Crippen LogP contribution in [-0.2, 0) is 23.3 Å². The van der Waals surface area contributed by atoms with Crippen LogP contribution in [0.4, 0.5) is 0 Å². The molecule has 0 saturated heterocycles. The normalized spacial score (nSPS) is 19.1. The third-order valence-corrected chi connectivity index (χ3v) is 6.21. The lowest BCUT2D eigenvalue weighted by Gasteiger charge is -2.24. The summed E-state index contributed by atoms with van der Waals surface area (Å²) < 4.78 is 18.9. The Morgan fingerprint density at radius 2 is 1.87 bits per heavy atom. The number of aromatic nitrogens is 5. The van der Waals surface area contributed by atoms with Crippen LogP contribution >= 0.6 is 0 Å². The number of hydrogen-bond acceptors (Lipinski definition) is 7. The summed E-state index contributed by atoms with van der Waals surface area (Å²) in [5.41, 5.74) is 3.59. The quantitative estimate of drug-likeness (QED) is 0.491. The van der Waals surface area contributed by atoms with Crippen molar-refractivity contribution in [2.45, 2.75) is 37.5 Å². The molecule has 8 nitrogen and oxygen atoms in total. The number of benzene rings is 2.